The standard InChI is InChI=1S/C8H14N2O/c1-6-7(2)9-10-8(6)4-5-11-3/h4-5H2,1-3H3,(H,9,10). The smallest absolute Gasteiger partial charge is 0.0676 e. The fraction of sp³-hybridized carbons (Fsp3) is 0.625. The molecule has 0 amide bonds. The summed E-state index contributed by atoms with van der Waals surface area (Å²) in [5.41, 5.74) is 3.52. The molecule has 0 radical (unpaired) electrons. The minimum Gasteiger partial charge on any atom is -0.384 e. The Morgan fingerprint density at radius 2 is 2.18 bits per heavy atom. The van der Waals surface area contributed by atoms with E-state index in [2.05, 4.69) is 17.1 Å². The van der Waals surface area contributed by atoms with Crippen LogP contribution >= 0.6 is 0 Å². The van der Waals surface area contributed by atoms with Crippen LogP contribution in [0.4, 0.5) is 0 Å². The van der Waals surface area contributed by atoms with E-state index in [1.165, 1.54) is 5.56 Å². The maximum atomic E-state index is 4.96. The number of aryl methyl sites for hydroxylation is 1. The van der Waals surface area contributed by atoms with Crippen molar-refractivity contribution in [3.8, 4) is 0 Å². The van der Waals surface area contributed by atoms with Crippen LogP contribution in [0.25, 0.3) is 0 Å². The first-order valence-corrected chi connectivity index (χ1v) is 3.75. The average molecular weight is 154 g/mol. The zero-order valence-electron chi connectivity index (χ0n) is 7.27. The van der Waals surface area contributed by atoms with Gasteiger partial charge in [0.05, 0.1) is 12.3 Å². The van der Waals surface area contributed by atoms with Crippen LogP contribution in [0.1, 0.15) is 17.0 Å². The van der Waals surface area contributed by atoms with Crippen LogP contribution in [-0.4, -0.2) is 23.9 Å². The molecule has 0 aliphatic carbocycles. The number of aromatic amines is 1. The molecular formula is C8H14N2O. The highest BCUT2D eigenvalue weighted by molar-refractivity contribution is 5.22. The van der Waals surface area contributed by atoms with Gasteiger partial charge >= 0.3 is 0 Å². The van der Waals surface area contributed by atoms with Crippen molar-refractivity contribution in [1.29, 1.82) is 0 Å². The molecule has 1 rings (SSSR count). The van der Waals surface area contributed by atoms with Crippen LogP contribution in [-0.2, 0) is 11.2 Å². The first kappa shape index (κ1) is 8.27. The molecule has 0 bridgehead atoms. The molecule has 3 heteroatoms. The number of methoxy groups -OCH3 is 1. The Labute approximate surface area is 66.8 Å². The second-order valence-electron chi connectivity index (χ2n) is 2.66. The third-order valence-electron chi connectivity index (χ3n) is 1.90. The highest BCUT2D eigenvalue weighted by Gasteiger charge is 2.03. The summed E-state index contributed by atoms with van der Waals surface area (Å²) in [7, 11) is 1.70. The summed E-state index contributed by atoms with van der Waals surface area (Å²) in [5, 5.41) is 7.09. The van der Waals surface area contributed by atoms with E-state index in [-0.39, 0.29) is 0 Å². The van der Waals surface area contributed by atoms with Gasteiger partial charge in [0.15, 0.2) is 0 Å². The molecule has 0 aromatic carbocycles. The first-order valence-electron chi connectivity index (χ1n) is 3.75. The van der Waals surface area contributed by atoms with Gasteiger partial charge in [-0.1, -0.05) is 0 Å². The van der Waals surface area contributed by atoms with Crippen molar-refractivity contribution in [2.75, 3.05) is 13.7 Å². The van der Waals surface area contributed by atoms with Crippen LogP contribution in [0, 0.1) is 13.8 Å². The van der Waals surface area contributed by atoms with Crippen molar-refractivity contribution in [2.45, 2.75) is 20.3 Å². The third kappa shape index (κ3) is 1.80. The Morgan fingerprint density at radius 3 is 2.64 bits per heavy atom. The molecule has 1 N–H and O–H groups in total. The molecule has 3 nitrogen and oxygen atoms in total. The second-order valence-corrected chi connectivity index (χ2v) is 2.66. The Bertz CT molecular complexity index is 230. The first-order chi connectivity index (χ1) is 5.25. The van der Waals surface area contributed by atoms with Gasteiger partial charge in [-0.3, -0.25) is 5.10 Å². The zero-order chi connectivity index (χ0) is 8.27. The Morgan fingerprint density at radius 1 is 1.45 bits per heavy atom. The van der Waals surface area contributed by atoms with Crippen LogP contribution in [0.2, 0.25) is 0 Å². The van der Waals surface area contributed by atoms with Crippen LogP contribution in [0.3, 0.4) is 0 Å². The topological polar surface area (TPSA) is 37.9 Å². The largest absolute Gasteiger partial charge is 0.384 e. The normalized spacial score (nSPS) is 10.5. The van der Waals surface area contributed by atoms with Gasteiger partial charge < -0.3 is 4.74 Å². The number of rotatable bonds is 3. The highest BCUT2D eigenvalue weighted by Crippen LogP contribution is 2.08. The fourth-order valence-electron chi connectivity index (χ4n) is 0.978. The maximum absolute atomic E-state index is 4.96. The summed E-state index contributed by atoms with van der Waals surface area (Å²) < 4.78 is 4.96. The van der Waals surface area contributed by atoms with Crippen LogP contribution in [0.5, 0.6) is 0 Å². The van der Waals surface area contributed by atoms with Gasteiger partial charge in [-0.25, -0.2) is 0 Å². The molecule has 62 valence electrons. The number of nitrogens with one attached hydrogen (secondary N) is 1. The zero-order valence-corrected chi connectivity index (χ0v) is 7.27. The lowest BCUT2D eigenvalue weighted by molar-refractivity contribution is 0.201. The number of ether oxygens (including phenoxy) is 1. The lowest BCUT2D eigenvalue weighted by Gasteiger charge is -1.95. The van der Waals surface area contributed by atoms with E-state index in [1.807, 2.05) is 6.92 Å². The number of hydrogen-bond acceptors (Lipinski definition) is 2. The molecule has 0 saturated heterocycles. The minimum atomic E-state index is 0.741. The summed E-state index contributed by atoms with van der Waals surface area (Å²) in [6.45, 7) is 4.84. The lowest BCUT2D eigenvalue weighted by atomic mass is 10.2. The van der Waals surface area contributed by atoms with Gasteiger partial charge in [0.25, 0.3) is 0 Å². The van der Waals surface area contributed by atoms with Gasteiger partial charge in [-0.15, -0.1) is 0 Å². The number of H-pyrrole nitrogens is 1. The molecule has 0 fully saturated rings. The van der Waals surface area contributed by atoms with E-state index in [1.54, 1.807) is 7.11 Å². The van der Waals surface area contributed by atoms with Crippen molar-refractivity contribution in [1.82, 2.24) is 10.2 Å². The molecule has 1 aromatic heterocycles. The molecule has 0 aliphatic heterocycles. The molecule has 1 aromatic rings. The Hall–Kier alpha value is -0.830. The van der Waals surface area contributed by atoms with Crippen LogP contribution in [0.15, 0.2) is 0 Å². The van der Waals surface area contributed by atoms with E-state index < -0.39 is 0 Å². The molecule has 0 unspecified atom stereocenters. The van der Waals surface area contributed by atoms with Crippen molar-refractivity contribution in [2.24, 2.45) is 0 Å². The van der Waals surface area contributed by atoms with E-state index >= 15 is 0 Å². The molecule has 0 atom stereocenters. The Balaban J connectivity index is 2.63. The summed E-state index contributed by atoms with van der Waals surface area (Å²) in [4.78, 5) is 0. The average Bonchev–Trinajstić information content (AvgIpc) is 2.31. The molecular weight excluding hydrogens is 140 g/mol. The second kappa shape index (κ2) is 3.53. The Kier molecular flexibility index (Phi) is 2.65. The van der Waals surface area contributed by atoms with E-state index in [9.17, 15) is 0 Å². The van der Waals surface area contributed by atoms with Gasteiger partial charge in [-0.2, -0.15) is 5.10 Å². The third-order valence-corrected chi connectivity index (χ3v) is 1.90. The predicted molar refractivity (Wildman–Crippen MR) is 43.6 cm³/mol. The van der Waals surface area contributed by atoms with E-state index in [0.29, 0.717) is 0 Å². The van der Waals surface area contributed by atoms with Crippen LogP contribution < -0.4 is 0 Å². The van der Waals surface area contributed by atoms with Gasteiger partial charge in [0.2, 0.25) is 0 Å². The number of hydrogen-bond donors (Lipinski definition) is 1. The van der Waals surface area contributed by atoms with Crippen molar-refractivity contribution < 1.29 is 4.74 Å². The lowest BCUT2D eigenvalue weighted by Crippen LogP contribution is -1.96. The highest BCUT2D eigenvalue weighted by atomic mass is 16.5. The van der Waals surface area contributed by atoms with E-state index in [0.717, 1.165) is 24.4 Å². The molecule has 0 saturated carbocycles. The van der Waals surface area contributed by atoms with Crippen molar-refractivity contribution in [3.63, 3.8) is 0 Å². The summed E-state index contributed by atoms with van der Waals surface area (Å²) in [6.07, 6.45) is 0.896. The quantitative estimate of drug-likeness (QED) is 0.710. The monoisotopic (exact) mass is 154 g/mol. The number of nitrogens with zero attached hydrogens (tertiary/aromatic N) is 1. The summed E-state index contributed by atoms with van der Waals surface area (Å²) in [5.74, 6) is 0. The summed E-state index contributed by atoms with van der Waals surface area (Å²) in [6, 6.07) is 0. The minimum absolute atomic E-state index is 0.741. The molecule has 11 heavy (non-hydrogen) atoms. The SMILES string of the molecule is COCCc1n[nH]c(C)c1C. The van der Waals surface area contributed by atoms with Gasteiger partial charge in [0, 0.05) is 19.2 Å². The molecule has 1 heterocycles. The van der Waals surface area contributed by atoms with Crippen molar-refractivity contribution in [3.05, 3.63) is 17.0 Å². The molecule has 0 aliphatic rings. The maximum Gasteiger partial charge on any atom is 0.0676 e. The van der Waals surface area contributed by atoms with Crippen molar-refractivity contribution >= 4 is 0 Å². The predicted octanol–water partition coefficient (Wildman–Crippen LogP) is 1.22. The van der Waals surface area contributed by atoms with E-state index in [4.69, 9.17) is 4.74 Å². The number of aromatic nitrogens is 2. The fourth-order valence-corrected chi connectivity index (χ4v) is 0.978. The summed E-state index contributed by atoms with van der Waals surface area (Å²) >= 11 is 0. The molecule has 0 spiro atoms. The van der Waals surface area contributed by atoms with Gasteiger partial charge in [0.1, 0.15) is 0 Å². The van der Waals surface area contributed by atoms with Gasteiger partial charge in [-0.05, 0) is 19.4 Å².